The van der Waals surface area contributed by atoms with Gasteiger partial charge in [0.25, 0.3) is 5.91 Å². The van der Waals surface area contributed by atoms with E-state index in [1.54, 1.807) is 4.90 Å². The molecule has 2 fully saturated rings. The third-order valence-electron chi connectivity index (χ3n) is 5.84. The molecule has 2 aliphatic heterocycles. The van der Waals surface area contributed by atoms with Crippen molar-refractivity contribution in [3.05, 3.63) is 40.2 Å². The number of hydrogen-bond donors (Lipinski definition) is 2. The Hall–Kier alpha value is -2.87. The van der Waals surface area contributed by atoms with E-state index in [1.165, 1.54) is 30.0 Å². The normalized spacial score (nSPS) is 19.5. The number of fused-ring (bicyclic) bond motifs is 1. The lowest BCUT2D eigenvalue weighted by Crippen LogP contribution is -2.68. The molecule has 0 atom stereocenters. The van der Waals surface area contributed by atoms with Crippen LogP contribution in [0.3, 0.4) is 0 Å². The Balaban J connectivity index is 1.46. The number of benzene rings is 1. The first-order valence-electron chi connectivity index (χ1n) is 9.31. The van der Waals surface area contributed by atoms with Gasteiger partial charge in [-0.15, -0.1) is 0 Å². The lowest BCUT2D eigenvalue weighted by Gasteiger charge is -2.52. The van der Waals surface area contributed by atoms with Gasteiger partial charge >= 0.3 is 0 Å². The number of carbonyl (C=O) groups is 2. The number of rotatable bonds is 2. The monoisotopic (exact) mass is 386 g/mol. The first-order chi connectivity index (χ1) is 13.3. The van der Waals surface area contributed by atoms with Crippen molar-refractivity contribution >= 4 is 22.8 Å². The average molecular weight is 386 g/mol. The summed E-state index contributed by atoms with van der Waals surface area (Å²) >= 11 is 0. The number of β-amino-alcohol motifs (C(OH)–C–C–N with tert-alkyl or cyclic N) is 1. The molecular weight excluding hydrogens is 364 g/mol. The zero-order valence-electron chi connectivity index (χ0n) is 15.6. The van der Waals surface area contributed by atoms with Gasteiger partial charge in [-0.05, 0) is 30.9 Å². The average Bonchev–Trinajstić information content (AvgIpc) is 2.64. The summed E-state index contributed by atoms with van der Waals surface area (Å²) in [5.41, 5.74) is -1.20. The maximum absolute atomic E-state index is 12.7. The topological polar surface area (TPSA) is 111 Å². The highest BCUT2D eigenvalue weighted by Gasteiger charge is 2.50. The summed E-state index contributed by atoms with van der Waals surface area (Å²) in [7, 11) is 0. The van der Waals surface area contributed by atoms with Crippen LogP contribution in [0.5, 0.6) is 5.75 Å². The first-order valence-corrected chi connectivity index (χ1v) is 9.31. The number of phenolic OH excluding ortho intramolecular Hbond substituents is 1. The lowest BCUT2D eigenvalue weighted by atomic mass is 9.75. The van der Waals surface area contributed by atoms with Crippen molar-refractivity contribution in [3.8, 4) is 5.75 Å². The number of nitrogens with zero attached hydrogens (tertiary/aromatic N) is 2. The predicted octanol–water partition coefficient (Wildman–Crippen LogP) is 0.944. The van der Waals surface area contributed by atoms with E-state index in [2.05, 4.69) is 0 Å². The van der Waals surface area contributed by atoms with Crippen molar-refractivity contribution in [2.45, 2.75) is 25.4 Å². The third-order valence-corrected chi connectivity index (χ3v) is 5.84. The van der Waals surface area contributed by atoms with Gasteiger partial charge in [0.2, 0.25) is 5.91 Å². The third kappa shape index (κ3) is 3.13. The van der Waals surface area contributed by atoms with Gasteiger partial charge in [-0.2, -0.15) is 0 Å². The molecule has 28 heavy (non-hydrogen) atoms. The lowest BCUT2D eigenvalue weighted by molar-refractivity contribution is -0.143. The maximum Gasteiger partial charge on any atom is 0.289 e. The quantitative estimate of drug-likeness (QED) is 0.795. The number of piperidine rings is 1. The molecule has 148 valence electrons. The summed E-state index contributed by atoms with van der Waals surface area (Å²) in [4.78, 5) is 39.5. The minimum Gasteiger partial charge on any atom is -0.508 e. The van der Waals surface area contributed by atoms with Crippen LogP contribution in [0.2, 0.25) is 0 Å². The molecule has 0 unspecified atom stereocenters. The molecular formula is C20H22N2O6. The first kappa shape index (κ1) is 18.5. The van der Waals surface area contributed by atoms with Gasteiger partial charge in [-0.25, -0.2) is 0 Å². The highest BCUT2D eigenvalue weighted by molar-refractivity contribution is 5.94. The largest absolute Gasteiger partial charge is 0.508 e. The highest BCUT2D eigenvalue weighted by atomic mass is 16.3. The SMILES string of the molecule is CC(=O)N1CCC(C2(O)CN(C(=O)c3cc(=O)c4ccc(O)cc4o3)C2)CC1. The molecule has 2 amide bonds. The minimum absolute atomic E-state index is 0.0210. The van der Waals surface area contributed by atoms with E-state index in [0.29, 0.717) is 25.9 Å². The van der Waals surface area contributed by atoms with Gasteiger partial charge in [-0.1, -0.05) is 0 Å². The van der Waals surface area contributed by atoms with Gasteiger partial charge in [0.1, 0.15) is 16.9 Å². The number of aliphatic hydroxyl groups is 1. The smallest absolute Gasteiger partial charge is 0.289 e. The fraction of sp³-hybridized carbons (Fsp3) is 0.450. The van der Waals surface area contributed by atoms with Crippen molar-refractivity contribution < 1.29 is 24.2 Å². The van der Waals surface area contributed by atoms with E-state index in [-0.39, 0.29) is 52.8 Å². The Morgan fingerprint density at radius 3 is 2.46 bits per heavy atom. The standard InChI is InChI=1S/C20H22N2O6/c1-12(23)21-6-4-13(5-7-21)20(27)10-22(11-20)19(26)18-9-16(25)15-3-2-14(24)8-17(15)28-18/h2-3,8-9,13,24,27H,4-7,10-11H2,1H3. The van der Waals surface area contributed by atoms with Crippen LogP contribution in [0, 0.1) is 5.92 Å². The zero-order valence-corrected chi connectivity index (χ0v) is 15.6. The van der Waals surface area contributed by atoms with Gasteiger partial charge in [-0.3, -0.25) is 14.4 Å². The van der Waals surface area contributed by atoms with Crippen molar-refractivity contribution in [2.75, 3.05) is 26.2 Å². The van der Waals surface area contributed by atoms with Crippen LogP contribution in [-0.4, -0.2) is 63.6 Å². The molecule has 0 bridgehead atoms. The number of hydrogen-bond acceptors (Lipinski definition) is 6. The summed E-state index contributed by atoms with van der Waals surface area (Å²) in [5.74, 6) is -0.582. The van der Waals surface area contributed by atoms with Crippen molar-refractivity contribution in [3.63, 3.8) is 0 Å². The molecule has 0 saturated carbocycles. The van der Waals surface area contributed by atoms with Crippen LogP contribution in [0.15, 0.2) is 33.5 Å². The molecule has 2 aliphatic rings. The Bertz CT molecular complexity index is 999. The zero-order chi connectivity index (χ0) is 20.1. The van der Waals surface area contributed by atoms with Gasteiger partial charge < -0.3 is 24.4 Å². The Labute approximate surface area is 161 Å². The predicted molar refractivity (Wildman–Crippen MR) is 100.0 cm³/mol. The second-order valence-electron chi connectivity index (χ2n) is 7.70. The molecule has 8 heteroatoms. The highest BCUT2D eigenvalue weighted by Crippen LogP contribution is 2.36. The second-order valence-corrected chi connectivity index (χ2v) is 7.70. The molecule has 3 heterocycles. The van der Waals surface area contributed by atoms with Crippen LogP contribution in [0.25, 0.3) is 11.0 Å². The van der Waals surface area contributed by atoms with Crippen molar-refractivity contribution in [1.29, 1.82) is 0 Å². The van der Waals surface area contributed by atoms with Crippen LogP contribution in [-0.2, 0) is 4.79 Å². The van der Waals surface area contributed by atoms with Crippen LogP contribution in [0.1, 0.15) is 30.3 Å². The van der Waals surface area contributed by atoms with E-state index < -0.39 is 11.5 Å². The van der Waals surface area contributed by atoms with E-state index in [4.69, 9.17) is 4.42 Å². The van der Waals surface area contributed by atoms with Crippen molar-refractivity contribution in [1.82, 2.24) is 9.80 Å². The number of amides is 2. The van der Waals surface area contributed by atoms with Crippen LogP contribution < -0.4 is 5.43 Å². The molecule has 0 aliphatic carbocycles. The molecule has 8 nitrogen and oxygen atoms in total. The fourth-order valence-corrected chi connectivity index (χ4v) is 4.15. The number of carbonyl (C=O) groups excluding carboxylic acids is 2. The molecule has 2 N–H and O–H groups in total. The Morgan fingerprint density at radius 2 is 1.82 bits per heavy atom. The summed E-state index contributed by atoms with van der Waals surface area (Å²) in [6, 6.07) is 5.27. The number of aromatic hydroxyl groups is 1. The maximum atomic E-state index is 12.7. The second kappa shape index (κ2) is 6.63. The number of phenols is 1. The molecule has 0 radical (unpaired) electrons. The molecule has 2 aromatic rings. The van der Waals surface area contributed by atoms with E-state index >= 15 is 0 Å². The van der Waals surface area contributed by atoms with Gasteiger partial charge in [0.05, 0.1) is 18.5 Å². The van der Waals surface area contributed by atoms with E-state index in [9.17, 15) is 24.6 Å². The summed E-state index contributed by atoms with van der Waals surface area (Å²) < 4.78 is 5.52. The Kier molecular flexibility index (Phi) is 4.38. The minimum atomic E-state index is -0.978. The van der Waals surface area contributed by atoms with E-state index in [0.717, 1.165) is 6.07 Å². The van der Waals surface area contributed by atoms with Crippen LogP contribution >= 0.6 is 0 Å². The number of likely N-dealkylation sites (tertiary alicyclic amines) is 2. The molecule has 2 saturated heterocycles. The molecule has 0 spiro atoms. The summed E-state index contributed by atoms with van der Waals surface area (Å²) in [5, 5.41) is 20.7. The van der Waals surface area contributed by atoms with Crippen molar-refractivity contribution in [2.24, 2.45) is 5.92 Å². The summed E-state index contributed by atoms with van der Waals surface area (Å²) in [6.45, 7) is 3.09. The molecule has 4 rings (SSSR count). The Morgan fingerprint density at radius 1 is 1.14 bits per heavy atom. The van der Waals surface area contributed by atoms with E-state index in [1.807, 2.05) is 0 Å². The van der Waals surface area contributed by atoms with Gasteiger partial charge in [0.15, 0.2) is 11.2 Å². The fourth-order valence-electron chi connectivity index (χ4n) is 4.15. The molecule has 1 aromatic heterocycles. The van der Waals surface area contributed by atoms with Crippen LogP contribution in [0.4, 0.5) is 0 Å². The van der Waals surface area contributed by atoms with Gasteiger partial charge in [0, 0.05) is 32.1 Å². The molecule has 1 aromatic carbocycles. The summed E-state index contributed by atoms with van der Waals surface area (Å²) in [6.07, 6.45) is 1.39.